The Kier molecular flexibility index (Phi) is 9.08. The van der Waals surface area contributed by atoms with Crippen LogP contribution in [-0.4, -0.2) is 55.7 Å². The minimum absolute atomic E-state index is 0.0879. The number of carbonyl (C=O) groups is 2. The second-order valence-electron chi connectivity index (χ2n) is 6.92. The van der Waals surface area contributed by atoms with Crippen molar-refractivity contribution >= 4 is 12.1 Å². The molecular formula is C20H31NO6. The predicted octanol–water partition coefficient (Wildman–Crippen LogP) is 3.40. The van der Waals surface area contributed by atoms with E-state index in [9.17, 15) is 9.59 Å². The molecule has 1 amide bonds. The fourth-order valence-corrected chi connectivity index (χ4v) is 2.40. The molecule has 0 bridgehead atoms. The number of benzene rings is 1. The number of hydrogen-bond acceptors (Lipinski definition) is 6. The van der Waals surface area contributed by atoms with Crippen LogP contribution in [-0.2, 0) is 25.4 Å². The van der Waals surface area contributed by atoms with Gasteiger partial charge in [-0.3, -0.25) is 4.90 Å². The SMILES string of the molecule is CCOC(=O)[C@H](Cc1ccc(OCC)cc1)N(COC)C(=O)OC(C)(C)C. The molecule has 1 aromatic rings. The molecule has 0 aliphatic rings. The van der Waals surface area contributed by atoms with Crippen LogP contribution in [0.15, 0.2) is 24.3 Å². The first-order valence-electron chi connectivity index (χ1n) is 9.08. The summed E-state index contributed by atoms with van der Waals surface area (Å²) < 4.78 is 21.2. The standard InChI is InChI=1S/C20H31NO6/c1-7-25-16-11-9-15(10-12-16)13-17(18(22)26-8-2)21(14-24-6)19(23)27-20(3,4)5/h9-12,17H,7-8,13-14H2,1-6H3/t17-/m0/s1. The van der Waals surface area contributed by atoms with Crippen LogP contribution in [0, 0.1) is 0 Å². The molecule has 1 aromatic carbocycles. The lowest BCUT2D eigenvalue weighted by Gasteiger charge is -2.31. The Morgan fingerprint density at radius 1 is 1.07 bits per heavy atom. The lowest BCUT2D eigenvalue weighted by Crippen LogP contribution is -2.49. The monoisotopic (exact) mass is 381 g/mol. The second kappa shape index (κ2) is 10.8. The molecule has 0 spiro atoms. The van der Waals surface area contributed by atoms with Crippen molar-refractivity contribution in [2.45, 2.75) is 52.7 Å². The van der Waals surface area contributed by atoms with Gasteiger partial charge in [0.2, 0.25) is 0 Å². The van der Waals surface area contributed by atoms with Crippen molar-refractivity contribution < 1.29 is 28.5 Å². The van der Waals surface area contributed by atoms with E-state index < -0.39 is 23.7 Å². The summed E-state index contributed by atoms with van der Waals surface area (Å²) in [6.45, 7) is 9.63. The number of esters is 1. The molecule has 7 heteroatoms. The van der Waals surface area contributed by atoms with Crippen LogP contribution in [0.25, 0.3) is 0 Å². The zero-order valence-electron chi connectivity index (χ0n) is 17.1. The first kappa shape index (κ1) is 22.8. The molecular weight excluding hydrogens is 350 g/mol. The minimum atomic E-state index is -0.863. The molecule has 27 heavy (non-hydrogen) atoms. The van der Waals surface area contributed by atoms with Crippen LogP contribution in [0.1, 0.15) is 40.2 Å². The Morgan fingerprint density at radius 3 is 2.19 bits per heavy atom. The summed E-state index contributed by atoms with van der Waals surface area (Å²) in [6, 6.07) is 6.51. The quantitative estimate of drug-likeness (QED) is 0.482. The summed E-state index contributed by atoms with van der Waals surface area (Å²) in [5.74, 6) is 0.240. The van der Waals surface area contributed by atoms with Crippen LogP contribution in [0.2, 0.25) is 0 Å². The fourth-order valence-electron chi connectivity index (χ4n) is 2.40. The van der Waals surface area contributed by atoms with Gasteiger partial charge >= 0.3 is 12.1 Å². The van der Waals surface area contributed by atoms with Crippen molar-refractivity contribution in [3.63, 3.8) is 0 Å². The third-order valence-electron chi connectivity index (χ3n) is 3.49. The molecule has 152 valence electrons. The number of methoxy groups -OCH3 is 1. The summed E-state index contributed by atoms with van der Waals surface area (Å²) in [7, 11) is 1.45. The van der Waals surface area contributed by atoms with E-state index >= 15 is 0 Å². The zero-order valence-corrected chi connectivity index (χ0v) is 17.1. The van der Waals surface area contributed by atoms with Gasteiger partial charge in [0.15, 0.2) is 0 Å². The number of hydrogen-bond donors (Lipinski definition) is 0. The van der Waals surface area contributed by atoms with Gasteiger partial charge in [-0.1, -0.05) is 12.1 Å². The van der Waals surface area contributed by atoms with Crippen molar-refractivity contribution in [1.29, 1.82) is 0 Å². The van der Waals surface area contributed by atoms with Gasteiger partial charge in [-0.25, -0.2) is 9.59 Å². The molecule has 0 saturated carbocycles. The molecule has 0 heterocycles. The number of amides is 1. The van der Waals surface area contributed by atoms with E-state index in [2.05, 4.69) is 0 Å². The summed E-state index contributed by atoms with van der Waals surface area (Å²) in [5, 5.41) is 0. The van der Waals surface area contributed by atoms with Crippen molar-refractivity contribution in [3.05, 3.63) is 29.8 Å². The van der Waals surface area contributed by atoms with Gasteiger partial charge < -0.3 is 18.9 Å². The van der Waals surface area contributed by atoms with E-state index in [0.29, 0.717) is 6.61 Å². The average Bonchev–Trinajstić information content (AvgIpc) is 2.58. The van der Waals surface area contributed by atoms with Gasteiger partial charge in [-0.05, 0) is 52.3 Å². The first-order valence-corrected chi connectivity index (χ1v) is 9.08. The van der Waals surface area contributed by atoms with E-state index in [-0.39, 0.29) is 19.8 Å². The summed E-state index contributed by atoms with van der Waals surface area (Å²) >= 11 is 0. The Bertz CT molecular complexity index is 593. The van der Waals surface area contributed by atoms with E-state index in [4.69, 9.17) is 18.9 Å². The highest BCUT2D eigenvalue weighted by atomic mass is 16.6. The highest BCUT2D eigenvalue weighted by Gasteiger charge is 2.34. The van der Waals surface area contributed by atoms with Crippen LogP contribution in [0.3, 0.4) is 0 Å². The van der Waals surface area contributed by atoms with Gasteiger partial charge in [-0.2, -0.15) is 0 Å². The third kappa shape index (κ3) is 7.86. The molecule has 0 saturated heterocycles. The van der Waals surface area contributed by atoms with Crippen LogP contribution in [0.5, 0.6) is 5.75 Å². The van der Waals surface area contributed by atoms with Crippen molar-refractivity contribution in [1.82, 2.24) is 4.90 Å². The number of carbonyl (C=O) groups excluding carboxylic acids is 2. The smallest absolute Gasteiger partial charge is 0.412 e. The molecule has 0 radical (unpaired) electrons. The van der Waals surface area contributed by atoms with Gasteiger partial charge in [-0.15, -0.1) is 0 Å². The molecule has 0 unspecified atom stereocenters. The molecule has 0 aromatic heterocycles. The molecule has 0 aliphatic heterocycles. The Balaban J connectivity index is 3.07. The lowest BCUT2D eigenvalue weighted by molar-refractivity contribution is -0.151. The largest absolute Gasteiger partial charge is 0.494 e. The maximum atomic E-state index is 12.6. The van der Waals surface area contributed by atoms with Crippen LogP contribution < -0.4 is 4.74 Å². The van der Waals surface area contributed by atoms with Crippen molar-refractivity contribution in [2.24, 2.45) is 0 Å². The van der Waals surface area contributed by atoms with Crippen LogP contribution >= 0.6 is 0 Å². The summed E-state index contributed by atoms with van der Waals surface area (Å²) in [5.41, 5.74) is 0.169. The zero-order chi connectivity index (χ0) is 20.4. The Morgan fingerprint density at radius 2 is 1.70 bits per heavy atom. The molecule has 0 fully saturated rings. The molecule has 7 nitrogen and oxygen atoms in total. The minimum Gasteiger partial charge on any atom is -0.494 e. The highest BCUT2D eigenvalue weighted by Crippen LogP contribution is 2.18. The number of nitrogens with zero attached hydrogens (tertiary/aromatic N) is 1. The predicted molar refractivity (Wildman–Crippen MR) is 102 cm³/mol. The Labute approximate surface area is 161 Å². The third-order valence-corrected chi connectivity index (χ3v) is 3.49. The average molecular weight is 381 g/mol. The first-order chi connectivity index (χ1) is 12.7. The number of rotatable bonds is 9. The fraction of sp³-hybridized carbons (Fsp3) is 0.600. The molecule has 1 atom stereocenters. The van der Waals surface area contributed by atoms with E-state index in [0.717, 1.165) is 11.3 Å². The van der Waals surface area contributed by atoms with Crippen molar-refractivity contribution in [3.8, 4) is 5.75 Å². The molecule has 1 rings (SSSR count). The van der Waals surface area contributed by atoms with Crippen LogP contribution in [0.4, 0.5) is 4.79 Å². The maximum absolute atomic E-state index is 12.6. The lowest BCUT2D eigenvalue weighted by atomic mass is 10.0. The van der Waals surface area contributed by atoms with E-state index in [1.165, 1.54) is 12.0 Å². The van der Waals surface area contributed by atoms with Gasteiger partial charge in [0.05, 0.1) is 13.2 Å². The molecule has 0 aliphatic carbocycles. The van der Waals surface area contributed by atoms with Crippen molar-refractivity contribution in [2.75, 3.05) is 27.1 Å². The topological polar surface area (TPSA) is 74.3 Å². The van der Waals surface area contributed by atoms with E-state index in [1.807, 2.05) is 31.2 Å². The molecule has 0 N–H and O–H groups in total. The van der Waals surface area contributed by atoms with Gasteiger partial charge in [0.25, 0.3) is 0 Å². The van der Waals surface area contributed by atoms with E-state index in [1.54, 1.807) is 27.7 Å². The summed E-state index contributed by atoms with van der Waals surface area (Å²) in [6.07, 6.45) is -0.359. The normalized spacial score (nSPS) is 12.2. The highest BCUT2D eigenvalue weighted by molar-refractivity contribution is 5.82. The van der Waals surface area contributed by atoms with Gasteiger partial charge in [0, 0.05) is 13.5 Å². The summed E-state index contributed by atoms with van der Waals surface area (Å²) in [4.78, 5) is 26.4. The Hall–Kier alpha value is -2.28. The number of ether oxygens (including phenoxy) is 4. The van der Waals surface area contributed by atoms with Gasteiger partial charge in [0.1, 0.15) is 24.1 Å². The maximum Gasteiger partial charge on any atom is 0.412 e. The second-order valence-corrected chi connectivity index (χ2v) is 6.92.